The highest BCUT2D eigenvalue weighted by molar-refractivity contribution is 7.99. The highest BCUT2D eigenvalue weighted by Crippen LogP contribution is 2.63. The van der Waals surface area contributed by atoms with Crippen molar-refractivity contribution in [3.05, 3.63) is 96.2 Å². The summed E-state index contributed by atoms with van der Waals surface area (Å²) in [6, 6.07) is 18.0. The Morgan fingerprint density at radius 2 is 1.84 bits per heavy atom. The van der Waals surface area contributed by atoms with E-state index in [0.29, 0.717) is 31.4 Å². The fraction of sp³-hybridized carbons (Fsp3) is 0.300. The van der Waals surface area contributed by atoms with Gasteiger partial charge in [-0.3, -0.25) is 9.97 Å². The van der Waals surface area contributed by atoms with Gasteiger partial charge >= 0.3 is 12.3 Å². The van der Waals surface area contributed by atoms with Crippen LogP contribution >= 0.6 is 11.8 Å². The average molecular weight is 608 g/mol. The maximum absolute atomic E-state index is 13.4. The summed E-state index contributed by atoms with van der Waals surface area (Å²) in [4.78, 5) is 31.6. The van der Waals surface area contributed by atoms with Crippen molar-refractivity contribution >= 4 is 29.5 Å². The number of ether oxygens (including phenoxy) is 1. The third-order valence-corrected chi connectivity index (χ3v) is 9.09. The van der Waals surface area contributed by atoms with Gasteiger partial charge in [0.2, 0.25) is 0 Å². The summed E-state index contributed by atoms with van der Waals surface area (Å²) in [6.07, 6.45) is 0.113. The number of nitrogens with zero attached hydrogens (tertiary/aromatic N) is 5. The molecule has 1 aromatic carbocycles. The van der Waals surface area contributed by atoms with Crippen molar-refractivity contribution in [2.75, 3.05) is 30.3 Å². The quantitative estimate of drug-likeness (QED) is 0.274. The zero-order valence-electron chi connectivity index (χ0n) is 22.9. The number of fused-ring (bicyclic) bond motifs is 1. The Morgan fingerprint density at radius 3 is 2.58 bits per heavy atom. The van der Waals surface area contributed by atoms with Gasteiger partial charge in [0.15, 0.2) is 11.5 Å². The van der Waals surface area contributed by atoms with E-state index in [0.717, 1.165) is 35.6 Å². The molecule has 0 spiro atoms. The molecule has 2 aliphatic rings. The number of nitrogens with one attached hydrogen (secondary N) is 1. The number of rotatable bonds is 8. The monoisotopic (exact) mass is 607 g/mol. The van der Waals surface area contributed by atoms with Crippen molar-refractivity contribution in [3.63, 3.8) is 0 Å². The van der Waals surface area contributed by atoms with E-state index in [9.17, 15) is 18.0 Å². The maximum Gasteiger partial charge on any atom is 0.434 e. The molecule has 4 aromatic rings. The van der Waals surface area contributed by atoms with Crippen LogP contribution in [0, 0.1) is 11.8 Å². The van der Waals surface area contributed by atoms with Gasteiger partial charge in [0.1, 0.15) is 17.5 Å². The number of pyridine rings is 2. The number of carbonyl (C=O) groups is 1. The second kappa shape index (κ2) is 11.7. The molecule has 0 bridgehead atoms. The van der Waals surface area contributed by atoms with Gasteiger partial charge in [0, 0.05) is 48.0 Å². The Bertz CT molecular complexity index is 1600. The number of hydrogen-bond donors (Lipinski definition) is 2. The molecule has 3 N–H and O–H groups in total. The maximum atomic E-state index is 13.4. The van der Waals surface area contributed by atoms with E-state index >= 15 is 0 Å². The number of aromatic nitrogens is 4. The predicted molar refractivity (Wildman–Crippen MR) is 154 cm³/mol. The minimum atomic E-state index is -4.60. The molecule has 1 amide bonds. The van der Waals surface area contributed by atoms with E-state index in [2.05, 4.69) is 30.2 Å². The molecule has 3 unspecified atom stereocenters. The minimum absolute atomic E-state index is 0.0382. The van der Waals surface area contributed by atoms with Gasteiger partial charge in [-0.05, 0) is 48.1 Å². The normalized spacial score (nSPS) is 21.1. The molecule has 1 aliphatic heterocycles. The second-order valence-electron chi connectivity index (χ2n) is 10.5. The Balaban J connectivity index is 1.15. The molecule has 6 rings (SSSR count). The standard InChI is InChI=1S/C30H28F3N7O2S/c31-30(32,33)25-22(9-6-13-36-25)43-27-26(34)39-24(15-37-27)40-14-11-20-21(16-40)29(20,23-10-4-5-12-35-23)18-38-28(41)42-17-19-7-2-1-3-8-19/h1-10,12-13,15,20-21H,11,14,16-18H2,(H2,34,39)(H,38,41). The molecule has 222 valence electrons. The summed E-state index contributed by atoms with van der Waals surface area (Å²) in [5, 5.41) is 3.14. The molecule has 9 nitrogen and oxygen atoms in total. The van der Waals surface area contributed by atoms with Crippen molar-refractivity contribution in [2.24, 2.45) is 11.8 Å². The van der Waals surface area contributed by atoms with Crippen LogP contribution in [0.1, 0.15) is 23.4 Å². The van der Waals surface area contributed by atoms with Crippen LogP contribution < -0.4 is 16.0 Å². The van der Waals surface area contributed by atoms with Gasteiger partial charge in [-0.25, -0.2) is 14.8 Å². The molecule has 1 aliphatic carbocycles. The number of nitrogens with two attached hydrogens (primary N) is 1. The molecule has 2 fully saturated rings. The van der Waals surface area contributed by atoms with E-state index in [-0.39, 0.29) is 33.7 Å². The summed E-state index contributed by atoms with van der Waals surface area (Å²) in [5.74, 6) is 1.04. The lowest BCUT2D eigenvalue weighted by Gasteiger charge is -2.27. The van der Waals surface area contributed by atoms with Crippen molar-refractivity contribution in [1.82, 2.24) is 25.3 Å². The molecule has 4 heterocycles. The number of carbonyl (C=O) groups excluding carboxylic acids is 1. The Labute approximate surface area is 250 Å². The molecular weight excluding hydrogens is 579 g/mol. The molecule has 0 radical (unpaired) electrons. The van der Waals surface area contributed by atoms with Crippen molar-refractivity contribution in [3.8, 4) is 0 Å². The highest BCUT2D eigenvalue weighted by atomic mass is 32.2. The number of alkyl carbamates (subject to hydrolysis) is 1. The van der Waals surface area contributed by atoms with Crippen LogP contribution in [0.3, 0.4) is 0 Å². The molecule has 3 atom stereocenters. The van der Waals surface area contributed by atoms with E-state index in [1.165, 1.54) is 18.3 Å². The Kier molecular flexibility index (Phi) is 7.82. The number of halogens is 3. The first-order chi connectivity index (χ1) is 20.8. The third kappa shape index (κ3) is 5.94. The lowest BCUT2D eigenvalue weighted by atomic mass is 9.96. The molecule has 3 aromatic heterocycles. The van der Waals surface area contributed by atoms with Crippen LogP contribution in [0.25, 0.3) is 0 Å². The number of alkyl halides is 3. The van der Waals surface area contributed by atoms with E-state index in [1.807, 2.05) is 48.5 Å². The number of anilines is 2. The van der Waals surface area contributed by atoms with Crippen molar-refractivity contribution < 1.29 is 22.7 Å². The fourth-order valence-electron chi connectivity index (χ4n) is 5.95. The lowest BCUT2D eigenvalue weighted by Crippen LogP contribution is -2.36. The van der Waals surface area contributed by atoms with Crippen LogP contribution in [0.5, 0.6) is 0 Å². The van der Waals surface area contributed by atoms with E-state index in [4.69, 9.17) is 10.5 Å². The average Bonchev–Trinajstić information content (AvgIpc) is 3.68. The van der Waals surface area contributed by atoms with Gasteiger partial charge in [-0.15, -0.1) is 0 Å². The Morgan fingerprint density at radius 1 is 1.05 bits per heavy atom. The minimum Gasteiger partial charge on any atom is -0.445 e. The summed E-state index contributed by atoms with van der Waals surface area (Å²) < 4.78 is 45.7. The van der Waals surface area contributed by atoms with Gasteiger partial charge < -0.3 is 20.7 Å². The Hall–Kier alpha value is -4.39. The number of nitrogen functional groups attached to an aromatic ring is 1. The highest BCUT2D eigenvalue weighted by Gasteiger charge is 2.67. The van der Waals surface area contributed by atoms with Gasteiger partial charge in [0.05, 0.1) is 6.20 Å². The van der Waals surface area contributed by atoms with Crippen LogP contribution in [0.15, 0.2) is 89.2 Å². The van der Waals surface area contributed by atoms with Gasteiger partial charge in [-0.1, -0.05) is 48.2 Å². The molecular formula is C30H28F3N7O2S. The van der Waals surface area contributed by atoms with Gasteiger partial charge in [0.25, 0.3) is 0 Å². The first kappa shape index (κ1) is 28.7. The summed E-state index contributed by atoms with van der Waals surface area (Å²) in [5.41, 5.74) is 6.62. The fourth-order valence-corrected chi connectivity index (χ4v) is 6.83. The van der Waals surface area contributed by atoms with E-state index in [1.54, 1.807) is 6.20 Å². The second-order valence-corrected chi connectivity index (χ2v) is 11.5. The first-order valence-electron chi connectivity index (χ1n) is 13.7. The SMILES string of the molecule is Nc1nc(N2CCC3C(C2)C3(CNC(=O)OCc2ccccc2)c2ccccn2)cnc1Sc1cccnc1C(F)(F)F. The molecule has 43 heavy (non-hydrogen) atoms. The van der Waals surface area contributed by atoms with Crippen LogP contribution in [-0.4, -0.2) is 45.7 Å². The summed E-state index contributed by atoms with van der Waals surface area (Å²) >= 11 is 0.781. The largest absolute Gasteiger partial charge is 0.445 e. The number of benzene rings is 1. The molecule has 13 heteroatoms. The number of hydrogen-bond acceptors (Lipinski definition) is 9. The zero-order valence-corrected chi connectivity index (χ0v) is 23.7. The molecule has 1 saturated carbocycles. The predicted octanol–water partition coefficient (Wildman–Crippen LogP) is 5.34. The first-order valence-corrected chi connectivity index (χ1v) is 14.5. The topological polar surface area (TPSA) is 119 Å². The zero-order chi connectivity index (χ0) is 30.0. The third-order valence-electron chi connectivity index (χ3n) is 8.03. The van der Waals surface area contributed by atoms with Crippen LogP contribution in [0.2, 0.25) is 0 Å². The number of piperidine rings is 1. The van der Waals surface area contributed by atoms with E-state index < -0.39 is 18.0 Å². The lowest BCUT2D eigenvalue weighted by molar-refractivity contribution is -0.143. The smallest absolute Gasteiger partial charge is 0.434 e. The molecule has 1 saturated heterocycles. The van der Waals surface area contributed by atoms with Gasteiger partial charge in [-0.2, -0.15) is 13.2 Å². The number of amides is 1. The van der Waals surface area contributed by atoms with Crippen molar-refractivity contribution in [1.29, 1.82) is 0 Å². The van der Waals surface area contributed by atoms with Crippen LogP contribution in [-0.2, 0) is 22.9 Å². The van der Waals surface area contributed by atoms with Crippen molar-refractivity contribution in [2.45, 2.75) is 34.5 Å². The summed E-state index contributed by atoms with van der Waals surface area (Å²) in [7, 11) is 0. The van der Waals surface area contributed by atoms with Crippen LogP contribution in [0.4, 0.5) is 29.6 Å². The summed E-state index contributed by atoms with van der Waals surface area (Å²) in [6.45, 7) is 1.85.